The van der Waals surface area contributed by atoms with Crippen molar-refractivity contribution in [2.24, 2.45) is 5.92 Å². The molecule has 0 heterocycles. The lowest BCUT2D eigenvalue weighted by atomic mass is 9.82. The minimum Gasteiger partial charge on any atom is -0.516 e. The van der Waals surface area contributed by atoms with E-state index < -0.39 is 0 Å². The largest absolute Gasteiger partial charge is 0.516 e. The summed E-state index contributed by atoms with van der Waals surface area (Å²) >= 11 is 0. The Morgan fingerprint density at radius 1 is 1.12 bits per heavy atom. The van der Waals surface area contributed by atoms with Gasteiger partial charge in [0, 0.05) is 11.3 Å². The molecule has 0 aromatic heterocycles. The van der Waals surface area contributed by atoms with Crippen LogP contribution in [0.25, 0.3) is 0 Å². The third kappa shape index (κ3) is 4.20. The molecule has 0 atom stereocenters. The van der Waals surface area contributed by atoms with Crippen molar-refractivity contribution in [3.63, 3.8) is 0 Å². The van der Waals surface area contributed by atoms with Gasteiger partial charge in [0.25, 0.3) is 0 Å². The van der Waals surface area contributed by atoms with Gasteiger partial charge in [-0.25, -0.2) is 0 Å². The summed E-state index contributed by atoms with van der Waals surface area (Å²) in [5, 5.41) is 0. The smallest absolute Gasteiger partial charge is 0.0955 e. The lowest BCUT2D eigenvalue weighted by Gasteiger charge is -2.30. The third-order valence-corrected chi connectivity index (χ3v) is 5.03. The molecule has 1 fully saturated rings. The minimum absolute atomic E-state index is 0.327. The molecule has 0 radical (unpaired) electrons. The highest BCUT2D eigenvalue weighted by Gasteiger charge is 2.22. The maximum atomic E-state index is 6.11. The first-order valence-corrected chi connectivity index (χ1v) is 9.00. The van der Waals surface area contributed by atoms with Gasteiger partial charge in [-0.05, 0) is 49.7 Å². The molecule has 0 amide bonds. The SMILES string of the molecule is C#Cc1ccccc1CC1CCC(Oc2[c-]cc(CC)cc2)CC1. The molecule has 0 N–H and O–H groups in total. The van der Waals surface area contributed by atoms with Crippen LogP contribution < -0.4 is 4.74 Å². The van der Waals surface area contributed by atoms with E-state index in [4.69, 9.17) is 11.2 Å². The van der Waals surface area contributed by atoms with Gasteiger partial charge in [-0.1, -0.05) is 37.5 Å². The molecule has 0 saturated heterocycles. The molecule has 3 rings (SSSR count). The van der Waals surface area contributed by atoms with E-state index in [0.29, 0.717) is 12.0 Å². The first-order valence-electron chi connectivity index (χ1n) is 9.00. The average Bonchev–Trinajstić information content (AvgIpc) is 2.64. The van der Waals surface area contributed by atoms with Gasteiger partial charge in [0.05, 0.1) is 6.10 Å². The van der Waals surface area contributed by atoms with Crippen molar-refractivity contribution in [1.82, 2.24) is 0 Å². The summed E-state index contributed by atoms with van der Waals surface area (Å²) in [4.78, 5) is 0. The Bertz CT molecular complexity index is 685. The molecule has 0 aliphatic heterocycles. The highest BCUT2D eigenvalue weighted by molar-refractivity contribution is 5.39. The van der Waals surface area contributed by atoms with Crippen molar-refractivity contribution in [2.45, 2.75) is 51.6 Å². The topological polar surface area (TPSA) is 9.23 Å². The second kappa shape index (κ2) is 8.06. The van der Waals surface area contributed by atoms with Gasteiger partial charge < -0.3 is 4.74 Å². The number of terminal acetylenes is 1. The predicted octanol–water partition coefficient (Wildman–Crippen LogP) is 5.21. The molecule has 1 aliphatic rings. The highest BCUT2D eigenvalue weighted by Crippen LogP contribution is 2.30. The highest BCUT2D eigenvalue weighted by atomic mass is 16.5. The number of hydrogen-bond acceptors (Lipinski definition) is 1. The molecule has 0 spiro atoms. The molecule has 24 heavy (non-hydrogen) atoms. The van der Waals surface area contributed by atoms with Gasteiger partial charge in [0.1, 0.15) is 0 Å². The van der Waals surface area contributed by atoms with Crippen molar-refractivity contribution in [3.8, 4) is 18.1 Å². The summed E-state index contributed by atoms with van der Waals surface area (Å²) < 4.78 is 6.11. The first-order chi connectivity index (χ1) is 11.8. The van der Waals surface area contributed by atoms with Crippen LogP contribution in [0.4, 0.5) is 0 Å². The summed E-state index contributed by atoms with van der Waals surface area (Å²) in [7, 11) is 0. The second-order valence-electron chi connectivity index (χ2n) is 6.68. The molecule has 124 valence electrons. The molecular formula is C23H25O-. The van der Waals surface area contributed by atoms with Crippen LogP contribution in [-0.2, 0) is 12.8 Å². The Morgan fingerprint density at radius 3 is 2.58 bits per heavy atom. The predicted molar refractivity (Wildman–Crippen MR) is 99.1 cm³/mol. The van der Waals surface area contributed by atoms with Crippen molar-refractivity contribution >= 4 is 0 Å². The van der Waals surface area contributed by atoms with E-state index in [1.165, 1.54) is 24.0 Å². The van der Waals surface area contributed by atoms with Gasteiger partial charge in [-0.3, -0.25) is 0 Å². The zero-order valence-electron chi connectivity index (χ0n) is 14.4. The Balaban J connectivity index is 1.51. The van der Waals surface area contributed by atoms with Gasteiger partial charge >= 0.3 is 0 Å². The summed E-state index contributed by atoms with van der Waals surface area (Å²) in [6.45, 7) is 2.16. The molecule has 1 heteroatoms. The van der Waals surface area contributed by atoms with Crippen LogP contribution in [0.5, 0.6) is 5.75 Å². The van der Waals surface area contributed by atoms with Crippen molar-refractivity contribution < 1.29 is 4.74 Å². The Labute approximate surface area is 146 Å². The summed E-state index contributed by atoms with van der Waals surface area (Å²) in [6, 6.07) is 17.8. The maximum Gasteiger partial charge on any atom is 0.0955 e. The zero-order valence-corrected chi connectivity index (χ0v) is 14.4. The second-order valence-corrected chi connectivity index (χ2v) is 6.68. The van der Waals surface area contributed by atoms with Crippen LogP contribution in [0.1, 0.15) is 49.3 Å². The van der Waals surface area contributed by atoms with Crippen LogP contribution in [0.3, 0.4) is 0 Å². The number of benzene rings is 2. The summed E-state index contributed by atoms with van der Waals surface area (Å²) in [6.07, 6.45) is 12.7. The van der Waals surface area contributed by atoms with Crippen LogP contribution in [-0.4, -0.2) is 6.10 Å². The van der Waals surface area contributed by atoms with Gasteiger partial charge in [-0.15, -0.1) is 18.6 Å². The normalized spacial score (nSPS) is 20.3. The Kier molecular flexibility index (Phi) is 5.59. The van der Waals surface area contributed by atoms with Crippen molar-refractivity contribution in [2.75, 3.05) is 0 Å². The van der Waals surface area contributed by atoms with Crippen LogP contribution >= 0.6 is 0 Å². The van der Waals surface area contributed by atoms with E-state index in [0.717, 1.165) is 37.0 Å². The number of ether oxygens (including phenoxy) is 1. The molecule has 1 saturated carbocycles. The van der Waals surface area contributed by atoms with E-state index in [9.17, 15) is 0 Å². The molecule has 2 aromatic rings. The fourth-order valence-electron chi connectivity index (χ4n) is 3.52. The third-order valence-electron chi connectivity index (χ3n) is 5.03. The van der Waals surface area contributed by atoms with Crippen molar-refractivity contribution in [1.29, 1.82) is 0 Å². The molecule has 1 nitrogen and oxygen atoms in total. The number of hydrogen-bond donors (Lipinski definition) is 0. The Morgan fingerprint density at radius 2 is 1.92 bits per heavy atom. The molecule has 0 bridgehead atoms. The maximum absolute atomic E-state index is 6.11. The monoisotopic (exact) mass is 317 g/mol. The number of aryl methyl sites for hydroxylation is 1. The lowest BCUT2D eigenvalue weighted by molar-refractivity contribution is 0.130. The quantitative estimate of drug-likeness (QED) is 0.543. The van der Waals surface area contributed by atoms with E-state index in [1.54, 1.807) is 0 Å². The molecule has 0 unspecified atom stereocenters. The Hall–Kier alpha value is -2.20. The van der Waals surface area contributed by atoms with Crippen LogP contribution in [0.15, 0.2) is 42.5 Å². The molecule has 2 aromatic carbocycles. The first kappa shape index (κ1) is 16.7. The van der Waals surface area contributed by atoms with Gasteiger partial charge in [-0.2, -0.15) is 17.7 Å². The zero-order chi connectivity index (χ0) is 16.8. The standard InChI is InChI=1S/C23H25O/c1-3-18-9-13-22(14-10-18)24-23-15-11-19(12-16-23)17-21-8-6-5-7-20(21)4-2/h2,5-10,13,19,23H,3,11-12,15-17H2,1H3/q-1. The van der Waals surface area contributed by atoms with Crippen LogP contribution in [0, 0.1) is 24.3 Å². The van der Waals surface area contributed by atoms with Crippen molar-refractivity contribution in [3.05, 3.63) is 65.2 Å². The van der Waals surface area contributed by atoms with Crippen LogP contribution in [0.2, 0.25) is 0 Å². The average molecular weight is 317 g/mol. The van der Waals surface area contributed by atoms with E-state index in [2.05, 4.69) is 37.1 Å². The van der Waals surface area contributed by atoms with Gasteiger partial charge in [0.2, 0.25) is 0 Å². The van der Waals surface area contributed by atoms with E-state index >= 15 is 0 Å². The summed E-state index contributed by atoms with van der Waals surface area (Å²) in [5.41, 5.74) is 3.66. The fraction of sp³-hybridized carbons (Fsp3) is 0.391. The minimum atomic E-state index is 0.327. The van der Waals surface area contributed by atoms with Gasteiger partial charge in [0.15, 0.2) is 0 Å². The fourth-order valence-corrected chi connectivity index (χ4v) is 3.52. The lowest BCUT2D eigenvalue weighted by Crippen LogP contribution is -2.25. The number of rotatable bonds is 5. The summed E-state index contributed by atoms with van der Waals surface area (Å²) in [5.74, 6) is 4.40. The molecular weight excluding hydrogens is 292 g/mol. The van der Waals surface area contributed by atoms with E-state index in [-0.39, 0.29) is 0 Å². The molecule has 1 aliphatic carbocycles. The van der Waals surface area contributed by atoms with E-state index in [1.807, 2.05) is 24.3 Å².